The minimum atomic E-state index is -0.370. The van der Waals surface area contributed by atoms with Gasteiger partial charge in [0.05, 0.1) is 11.1 Å². The van der Waals surface area contributed by atoms with Gasteiger partial charge in [-0.1, -0.05) is 12.2 Å². The summed E-state index contributed by atoms with van der Waals surface area (Å²) in [5, 5.41) is 3.44. The quantitative estimate of drug-likeness (QED) is 0.593. The highest BCUT2D eigenvalue weighted by molar-refractivity contribution is 5.67. The van der Waals surface area contributed by atoms with Crippen LogP contribution in [0.15, 0.2) is 21.7 Å². The number of ether oxygens (including phenoxy) is 1. The Bertz CT molecular complexity index is 865. The van der Waals surface area contributed by atoms with Gasteiger partial charge in [0.1, 0.15) is 11.9 Å². The van der Waals surface area contributed by atoms with Crippen LogP contribution in [0.25, 0.3) is 0 Å². The minimum absolute atomic E-state index is 0.0172. The Morgan fingerprint density at radius 2 is 2.09 bits per heavy atom. The molecule has 1 saturated carbocycles. The summed E-state index contributed by atoms with van der Waals surface area (Å²) in [6.45, 7) is 1.39. The van der Waals surface area contributed by atoms with Crippen LogP contribution in [0.1, 0.15) is 31.2 Å². The second-order valence-corrected chi connectivity index (χ2v) is 6.79. The fourth-order valence-corrected chi connectivity index (χ4v) is 4.54. The lowest BCUT2D eigenvalue weighted by atomic mass is 9.86. The number of carbonyl (C=O) groups excluding carboxylic acids is 1. The van der Waals surface area contributed by atoms with Crippen LogP contribution < -0.4 is 16.6 Å². The second kappa shape index (κ2) is 4.37. The maximum Gasteiger partial charge on any atom is 0.332 e. The van der Waals surface area contributed by atoms with E-state index in [0.29, 0.717) is 11.4 Å². The summed E-state index contributed by atoms with van der Waals surface area (Å²) >= 11 is 0. The molecule has 1 aromatic heterocycles. The number of nitrogens with zero attached hydrogens (tertiary/aromatic N) is 2. The number of esters is 1. The van der Waals surface area contributed by atoms with Gasteiger partial charge in [-0.3, -0.25) is 18.7 Å². The first-order valence-electron chi connectivity index (χ1n) is 7.78. The molecule has 0 radical (unpaired) electrons. The molecule has 0 aromatic carbocycles. The van der Waals surface area contributed by atoms with Crippen LogP contribution in [0.3, 0.4) is 0 Å². The molecule has 122 valence electrons. The van der Waals surface area contributed by atoms with E-state index in [1.807, 2.05) is 0 Å². The van der Waals surface area contributed by atoms with E-state index in [9.17, 15) is 14.4 Å². The van der Waals surface area contributed by atoms with Gasteiger partial charge < -0.3 is 10.1 Å². The monoisotopic (exact) mass is 317 g/mol. The number of fused-ring (bicyclic) bond motifs is 3. The van der Waals surface area contributed by atoms with E-state index in [4.69, 9.17) is 4.74 Å². The van der Waals surface area contributed by atoms with Crippen LogP contribution in [-0.2, 0) is 23.6 Å². The van der Waals surface area contributed by atoms with Crippen molar-refractivity contribution in [3.05, 3.63) is 38.6 Å². The van der Waals surface area contributed by atoms with Crippen LogP contribution in [-0.4, -0.2) is 26.7 Å². The Balaban J connectivity index is 1.97. The molecule has 7 heteroatoms. The first-order valence-corrected chi connectivity index (χ1v) is 7.78. The zero-order valence-electron chi connectivity index (χ0n) is 13.3. The molecule has 2 heterocycles. The van der Waals surface area contributed by atoms with Crippen molar-refractivity contribution >= 4 is 11.8 Å². The summed E-state index contributed by atoms with van der Waals surface area (Å²) in [7, 11) is 3.14. The van der Waals surface area contributed by atoms with Crippen molar-refractivity contribution < 1.29 is 9.53 Å². The van der Waals surface area contributed by atoms with Crippen molar-refractivity contribution in [3.8, 4) is 0 Å². The molecular formula is C16H19N3O4. The highest BCUT2D eigenvalue weighted by atomic mass is 16.5. The van der Waals surface area contributed by atoms with Crippen molar-refractivity contribution in [2.45, 2.75) is 37.3 Å². The van der Waals surface area contributed by atoms with Crippen molar-refractivity contribution in [1.29, 1.82) is 0 Å². The molecule has 0 saturated heterocycles. The number of hydrogen-bond acceptors (Lipinski definition) is 5. The topological polar surface area (TPSA) is 82.3 Å². The Morgan fingerprint density at radius 1 is 1.35 bits per heavy atom. The lowest BCUT2D eigenvalue weighted by Crippen LogP contribution is -2.47. The number of anilines is 1. The molecule has 1 aliphatic heterocycles. The maximum atomic E-state index is 12.7. The third kappa shape index (κ3) is 1.67. The van der Waals surface area contributed by atoms with Gasteiger partial charge in [-0.25, -0.2) is 4.79 Å². The number of aromatic nitrogens is 2. The molecule has 4 atom stereocenters. The fraction of sp³-hybridized carbons (Fsp3) is 0.562. The summed E-state index contributed by atoms with van der Waals surface area (Å²) in [5.41, 5.74) is -0.384. The lowest BCUT2D eigenvalue weighted by molar-refractivity contribution is -0.148. The predicted molar refractivity (Wildman–Crippen MR) is 83.4 cm³/mol. The maximum absolute atomic E-state index is 12.7. The SMILES string of the molecule is CC(=O)O[C@H]1C2C=CC[C@@]23C[C@@H]1c1c(n(C)c(=O)n(C)c1=O)N3. The smallest absolute Gasteiger partial charge is 0.332 e. The fourth-order valence-electron chi connectivity index (χ4n) is 4.54. The Morgan fingerprint density at radius 3 is 2.78 bits per heavy atom. The van der Waals surface area contributed by atoms with Crippen LogP contribution in [0, 0.1) is 5.92 Å². The standard InChI is InChI=1S/C16H19N3O4/c1-8(20)23-12-9-7-16(6-4-5-10(12)16)17-13-11(9)14(21)19(3)15(22)18(13)2/h4-5,9-10,12,17H,6-7H2,1-3H3/t9-,10?,12-,16-/m1/s1. The van der Waals surface area contributed by atoms with Gasteiger partial charge in [0.15, 0.2) is 0 Å². The van der Waals surface area contributed by atoms with Gasteiger partial charge in [-0.05, 0) is 12.8 Å². The molecule has 1 N–H and O–H groups in total. The second-order valence-electron chi connectivity index (χ2n) is 6.79. The van der Waals surface area contributed by atoms with E-state index in [2.05, 4.69) is 17.5 Å². The normalized spacial score (nSPS) is 33.1. The molecule has 2 aliphatic carbocycles. The third-order valence-electron chi connectivity index (χ3n) is 5.54. The molecule has 3 aliphatic rings. The van der Waals surface area contributed by atoms with Crippen molar-refractivity contribution in [1.82, 2.24) is 9.13 Å². The third-order valence-corrected chi connectivity index (χ3v) is 5.54. The number of carbonyl (C=O) groups is 1. The summed E-state index contributed by atoms with van der Waals surface area (Å²) < 4.78 is 8.19. The van der Waals surface area contributed by atoms with E-state index in [1.165, 1.54) is 18.5 Å². The highest BCUT2D eigenvalue weighted by Crippen LogP contribution is 2.56. The van der Waals surface area contributed by atoms with Crippen molar-refractivity contribution in [2.24, 2.45) is 20.0 Å². The summed E-state index contributed by atoms with van der Waals surface area (Å²) in [6.07, 6.45) is 5.30. The van der Waals surface area contributed by atoms with Gasteiger partial charge >= 0.3 is 11.7 Å². The van der Waals surface area contributed by atoms with Crippen LogP contribution >= 0.6 is 0 Å². The Kier molecular flexibility index (Phi) is 2.71. The van der Waals surface area contributed by atoms with Gasteiger partial charge in [-0.15, -0.1) is 0 Å². The van der Waals surface area contributed by atoms with E-state index in [-0.39, 0.29) is 40.7 Å². The molecule has 1 aromatic rings. The van der Waals surface area contributed by atoms with E-state index in [1.54, 1.807) is 7.05 Å². The molecular weight excluding hydrogens is 298 g/mol. The van der Waals surface area contributed by atoms with Crippen molar-refractivity contribution in [3.63, 3.8) is 0 Å². The molecule has 2 bridgehead atoms. The van der Waals surface area contributed by atoms with Gasteiger partial charge in [0, 0.05) is 32.9 Å². The zero-order valence-corrected chi connectivity index (χ0v) is 13.3. The first kappa shape index (κ1) is 14.3. The average molecular weight is 317 g/mol. The van der Waals surface area contributed by atoms with E-state index >= 15 is 0 Å². The average Bonchev–Trinajstić information content (AvgIpc) is 2.98. The largest absolute Gasteiger partial charge is 0.461 e. The first-order chi connectivity index (χ1) is 10.9. The zero-order chi connectivity index (χ0) is 16.5. The summed E-state index contributed by atoms with van der Waals surface area (Å²) in [4.78, 5) is 36.5. The van der Waals surface area contributed by atoms with Crippen LogP contribution in [0.2, 0.25) is 0 Å². The highest BCUT2D eigenvalue weighted by Gasteiger charge is 2.60. The molecule has 1 fully saturated rings. The number of hydrogen-bond donors (Lipinski definition) is 1. The molecule has 1 unspecified atom stereocenters. The van der Waals surface area contributed by atoms with Crippen LogP contribution in [0.4, 0.5) is 5.82 Å². The molecule has 1 spiro atoms. The van der Waals surface area contributed by atoms with Gasteiger partial charge in [-0.2, -0.15) is 0 Å². The molecule has 4 rings (SSSR count). The predicted octanol–water partition coefficient (Wildman–Crippen LogP) is 0.243. The van der Waals surface area contributed by atoms with E-state index in [0.717, 1.165) is 17.4 Å². The van der Waals surface area contributed by atoms with Crippen molar-refractivity contribution in [2.75, 3.05) is 5.32 Å². The lowest BCUT2D eigenvalue weighted by Gasteiger charge is -2.36. The molecule has 7 nitrogen and oxygen atoms in total. The summed E-state index contributed by atoms with van der Waals surface area (Å²) in [6, 6.07) is 0. The van der Waals surface area contributed by atoms with E-state index < -0.39 is 0 Å². The van der Waals surface area contributed by atoms with Gasteiger partial charge in [0.25, 0.3) is 5.56 Å². The Hall–Kier alpha value is -2.31. The summed E-state index contributed by atoms with van der Waals surface area (Å²) in [5.74, 6) is 0.0538. The van der Waals surface area contributed by atoms with Crippen LogP contribution in [0.5, 0.6) is 0 Å². The number of nitrogens with one attached hydrogen (secondary N) is 1. The molecule has 0 amide bonds. The number of rotatable bonds is 1. The van der Waals surface area contributed by atoms with Gasteiger partial charge in [0.2, 0.25) is 0 Å². The minimum Gasteiger partial charge on any atom is -0.461 e. The molecule has 23 heavy (non-hydrogen) atoms. The Labute approximate surface area is 132 Å².